The van der Waals surface area contributed by atoms with E-state index >= 15 is 0 Å². The number of nitrogens with one attached hydrogen (secondary N) is 1. The zero-order chi connectivity index (χ0) is 15.8. The van der Waals surface area contributed by atoms with Crippen molar-refractivity contribution in [3.63, 3.8) is 0 Å². The fourth-order valence-electron chi connectivity index (χ4n) is 1.77. The van der Waals surface area contributed by atoms with E-state index in [4.69, 9.17) is 10.00 Å². The first-order valence-electron chi connectivity index (χ1n) is 6.98. The number of carbonyl (C=O) groups is 1. The molecule has 5 nitrogen and oxygen atoms in total. The van der Waals surface area contributed by atoms with Crippen LogP contribution in [0.3, 0.4) is 0 Å². The minimum atomic E-state index is -0.214. The summed E-state index contributed by atoms with van der Waals surface area (Å²) in [4.78, 5) is 16.0. The highest BCUT2D eigenvalue weighted by molar-refractivity contribution is 5.94. The number of nitriles is 1. The Morgan fingerprint density at radius 3 is 3.00 bits per heavy atom. The smallest absolute Gasteiger partial charge is 0.251 e. The largest absolute Gasteiger partial charge is 0.489 e. The van der Waals surface area contributed by atoms with Gasteiger partial charge < -0.3 is 10.1 Å². The van der Waals surface area contributed by atoms with Crippen molar-refractivity contribution < 1.29 is 9.53 Å². The summed E-state index contributed by atoms with van der Waals surface area (Å²) in [5.74, 6) is 0.188. The summed E-state index contributed by atoms with van der Waals surface area (Å²) in [6, 6.07) is 12.8. The molecule has 5 heteroatoms. The van der Waals surface area contributed by atoms with Crippen LogP contribution in [0.5, 0.6) is 5.75 Å². The lowest BCUT2D eigenvalue weighted by atomic mass is 10.1. The molecule has 1 atom stereocenters. The molecule has 0 bridgehead atoms. The minimum absolute atomic E-state index is 0.214. The summed E-state index contributed by atoms with van der Waals surface area (Å²) < 4.78 is 5.66. The van der Waals surface area contributed by atoms with Gasteiger partial charge in [-0.3, -0.25) is 9.78 Å². The second kappa shape index (κ2) is 7.79. The molecule has 1 unspecified atom stereocenters. The van der Waals surface area contributed by atoms with E-state index in [1.54, 1.807) is 43.6 Å². The van der Waals surface area contributed by atoms with Crippen LogP contribution in [0, 0.1) is 17.2 Å². The fraction of sp³-hybridized carbons (Fsp3) is 0.235. The van der Waals surface area contributed by atoms with E-state index in [0.29, 0.717) is 24.5 Å². The topological polar surface area (TPSA) is 75.0 Å². The number of rotatable bonds is 6. The van der Waals surface area contributed by atoms with E-state index in [0.717, 1.165) is 5.56 Å². The van der Waals surface area contributed by atoms with E-state index in [1.807, 2.05) is 12.1 Å². The van der Waals surface area contributed by atoms with Crippen molar-refractivity contribution in [2.24, 2.45) is 5.92 Å². The summed E-state index contributed by atoms with van der Waals surface area (Å²) in [6.07, 6.45) is 3.44. The zero-order valence-corrected chi connectivity index (χ0v) is 12.3. The maximum atomic E-state index is 12.0. The van der Waals surface area contributed by atoms with Crippen molar-refractivity contribution in [3.8, 4) is 11.8 Å². The van der Waals surface area contributed by atoms with Crippen LogP contribution >= 0.6 is 0 Å². The van der Waals surface area contributed by atoms with Gasteiger partial charge >= 0.3 is 0 Å². The van der Waals surface area contributed by atoms with Gasteiger partial charge in [-0.2, -0.15) is 5.26 Å². The van der Waals surface area contributed by atoms with Gasteiger partial charge in [0.25, 0.3) is 5.91 Å². The molecule has 2 rings (SSSR count). The van der Waals surface area contributed by atoms with Crippen LogP contribution in [0.2, 0.25) is 0 Å². The Kier molecular flexibility index (Phi) is 5.50. The molecule has 0 aliphatic heterocycles. The molecule has 1 aromatic heterocycles. The Hall–Kier alpha value is -2.87. The highest BCUT2D eigenvalue weighted by Crippen LogP contribution is 2.15. The number of benzene rings is 1. The molecule has 112 valence electrons. The van der Waals surface area contributed by atoms with Gasteiger partial charge in [-0.25, -0.2) is 0 Å². The number of hydrogen-bond donors (Lipinski definition) is 1. The Labute approximate surface area is 129 Å². The Bertz CT molecular complexity index is 665. The third-order valence-electron chi connectivity index (χ3n) is 3.01. The molecule has 1 amide bonds. The van der Waals surface area contributed by atoms with Gasteiger partial charge in [0, 0.05) is 30.1 Å². The van der Waals surface area contributed by atoms with Crippen molar-refractivity contribution in [3.05, 3.63) is 59.9 Å². The standard InChI is InChI=1S/C17H17N3O2/c1-13(9-18)10-20-17(21)15-5-2-6-16(8-15)22-12-14-4-3-7-19-11-14/h2-8,11,13H,10,12H2,1H3,(H,20,21). The lowest BCUT2D eigenvalue weighted by molar-refractivity contribution is 0.0950. The quantitative estimate of drug-likeness (QED) is 0.888. The molecule has 1 heterocycles. The normalized spacial score (nSPS) is 11.3. The molecule has 0 aliphatic carbocycles. The van der Waals surface area contributed by atoms with Crippen molar-refractivity contribution in [1.29, 1.82) is 5.26 Å². The molecular weight excluding hydrogens is 278 g/mol. The van der Waals surface area contributed by atoms with Crippen LogP contribution in [-0.2, 0) is 6.61 Å². The van der Waals surface area contributed by atoms with Gasteiger partial charge in [-0.05, 0) is 31.2 Å². The Morgan fingerprint density at radius 2 is 2.27 bits per heavy atom. The van der Waals surface area contributed by atoms with E-state index < -0.39 is 0 Å². The lowest BCUT2D eigenvalue weighted by Gasteiger charge is -2.09. The third kappa shape index (κ3) is 4.60. The average molecular weight is 295 g/mol. The number of hydrogen-bond acceptors (Lipinski definition) is 4. The first-order chi connectivity index (χ1) is 10.7. The molecule has 0 saturated heterocycles. The SMILES string of the molecule is CC(C#N)CNC(=O)c1cccc(OCc2cccnc2)c1. The number of nitrogens with zero attached hydrogens (tertiary/aromatic N) is 2. The fourth-order valence-corrected chi connectivity index (χ4v) is 1.77. The maximum Gasteiger partial charge on any atom is 0.251 e. The predicted octanol–water partition coefficient (Wildman–Crippen LogP) is 2.55. The molecule has 0 aliphatic rings. The average Bonchev–Trinajstić information content (AvgIpc) is 2.58. The monoisotopic (exact) mass is 295 g/mol. The van der Waals surface area contributed by atoms with Crippen LogP contribution in [0.25, 0.3) is 0 Å². The summed E-state index contributed by atoms with van der Waals surface area (Å²) in [7, 11) is 0. The Morgan fingerprint density at radius 1 is 1.41 bits per heavy atom. The molecule has 1 N–H and O–H groups in total. The van der Waals surface area contributed by atoms with E-state index in [-0.39, 0.29) is 11.8 Å². The number of pyridine rings is 1. The van der Waals surface area contributed by atoms with Crippen molar-refractivity contribution in [2.45, 2.75) is 13.5 Å². The van der Waals surface area contributed by atoms with Gasteiger partial charge in [-0.1, -0.05) is 12.1 Å². The molecule has 0 fully saturated rings. The molecule has 1 aromatic carbocycles. The summed E-state index contributed by atoms with van der Waals surface area (Å²) in [5.41, 5.74) is 1.47. The van der Waals surface area contributed by atoms with Crippen LogP contribution < -0.4 is 10.1 Å². The first kappa shape index (κ1) is 15.5. The highest BCUT2D eigenvalue weighted by atomic mass is 16.5. The Balaban J connectivity index is 1.95. The lowest BCUT2D eigenvalue weighted by Crippen LogP contribution is -2.27. The number of carbonyl (C=O) groups excluding carboxylic acids is 1. The summed E-state index contributed by atoms with van der Waals surface area (Å²) >= 11 is 0. The van der Waals surface area contributed by atoms with Gasteiger partial charge in [0.1, 0.15) is 12.4 Å². The minimum Gasteiger partial charge on any atom is -0.489 e. The van der Waals surface area contributed by atoms with Crippen LogP contribution in [0.1, 0.15) is 22.8 Å². The summed E-state index contributed by atoms with van der Waals surface area (Å²) in [6.45, 7) is 2.48. The van der Waals surface area contributed by atoms with Gasteiger partial charge in [0.05, 0.1) is 12.0 Å². The number of aromatic nitrogens is 1. The number of ether oxygens (including phenoxy) is 1. The molecule has 0 radical (unpaired) electrons. The van der Waals surface area contributed by atoms with Gasteiger partial charge in [-0.15, -0.1) is 0 Å². The van der Waals surface area contributed by atoms with E-state index in [9.17, 15) is 4.79 Å². The van der Waals surface area contributed by atoms with Crippen molar-refractivity contribution in [2.75, 3.05) is 6.54 Å². The second-order valence-corrected chi connectivity index (χ2v) is 4.92. The molecule has 0 saturated carbocycles. The number of amides is 1. The second-order valence-electron chi connectivity index (χ2n) is 4.92. The van der Waals surface area contributed by atoms with Gasteiger partial charge in [0.2, 0.25) is 0 Å². The first-order valence-corrected chi connectivity index (χ1v) is 6.98. The zero-order valence-electron chi connectivity index (χ0n) is 12.3. The predicted molar refractivity (Wildman–Crippen MR) is 82.1 cm³/mol. The van der Waals surface area contributed by atoms with Crippen LogP contribution in [-0.4, -0.2) is 17.4 Å². The maximum absolute atomic E-state index is 12.0. The van der Waals surface area contributed by atoms with E-state index in [1.165, 1.54) is 0 Å². The molecule has 2 aromatic rings. The van der Waals surface area contributed by atoms with Crippen molar-refractivity contribution >= 4 is 5.91 Å². The van der Waals surface area contributed by atoms with Crippen LogP contribution in [0.4, 0.5) is 0 Å². The van der Waals surface area contributed by atoms with Gasteiger partial charge in [0.15, 0.2) is 0 Å². The molecule has 0 spiro atoms. The molecular formula is C17H17N3O2. The summed E-state index contributed by atoms with van der Waals surface area (Å²) in [5, 5.41) is 11.4. The van der Waals surface area contributed by atoms with Crippen molar-refractivity contribution in [1.82, 2.24) is 10.3 Å². The van der Waals surface area contributed by atoms with E-state index in [2.05, 4.69) is 16.4 Å². The molecule has 22 heavy (non-hydrogen) atoms. The highest BCUT2D eigenvalue weighted by Gasteiger charge is 2.08. The van der Waals surface area contributed by atoms with Crippen LogP contribution in [0.15, 0.2) is 48.8 Å². The third-order valence-corrected chi connectivity index (χ3v) is 3.01.